The average Bonchev–Trinajstić information content (AvgIpc) is 2.96. The van der Waals surface area contributed by atoms with Crippen molar-refractivity contribution in [3.63, 3.8) is 0 Å². The van der Waals surface area contributed by atoms with E-state index in [2.05, 4.69) is 0 Å². The van der Waals surface area contributed by atoms with Gasteiger partial charge in [-0.25, -0.2) is 4.39 Å². The summed E-state index contributed by atoms with van der Waals surface area (Å²) in [5.74, 6) is -0.148. The van der Waals surface area contributed by atoms with E-state index in [4.69, 9.17) is 9.47 Å². The van der Waals surface area contributed by atoms with Gasteiger partial charge in [0.2, 0.25) is 5.91 Å². The number of hydrogen-bond donors (Lipinski definition) is 0. The molecule has 1 aliphatic heterocycles. The third-order valence-electron chi connectivity index (χ3n) is 5.64. The van der Waals surface area contributed by atoms with E-state index in [1.807, 2.05) is 4.90 Å². The smallest absolute Gasteiger partial charge is 0.227 e. The van der Waals surface area contributed by atoms with Gasteiger partial charge < -0.3 is 14.4 Å². The lowest BCUT2D eigenvalue weighted by molar-refractivity contribution is -0.136. The van der Waals surface area contributed by atoms with Gasteiger partial charge in [0, 0.05) is 25.6 Å². The van der Waals surface area contributed by atoms with Gasteiger partial charge in [0.05, 0.1) is 19.6 Å². The molecule has 1 aromatic carbocycles. The van der Waals surface area contributed by atoms with Crippen molar-refractivity contribution in [1.29, 1.82) is 0 Å². The lowest BCUT2D eigenvalue weighted by Gasteiger charge is -2.43. The van der Waals surface area contributed by atoms with E-state index in [1.54, 1.807) is 19.2 Å². The zero-order valence-corrected chi connectivity index (χ0v) is 14.5. The third kappa shape index (κ3) is 3.27. The molecule has 0 unspecified atom stereocenters. The quantitative estimate of drug-likeness (QED) is 0.848. The summed E-state index contributed by atoms with van der Waals surface area (Å²) in [6.07, 6.45) is 6.02. The highest BCUT2D eigenvalue weighted by Crippen LogP contribution is 2.46. The molecule has 0 radical (unpaired) electrons. The van der Waals surface area contributed by atoms with Crippen molar-refractivity contribution in [2.75, 3.05) is 27.3 Å². The monoisotopic (exact) mass is 335 g/mol. The van der Waals surface area contributed by atoms with Crippen molar-refractivity contribution >= 4 is 5.91 Å². The number of benzene rings is 1. The van der Waals surface area contributed by atoms with Gasteiger partial charge >= 0.3 is 0 Å². The Hall–Kier alpha value is -1.62. The predicted molar refractivity (Wildman–Crippen MR) is 89.6 cm³/mol. The van der Waals surface area contributed by atoms with E-state index in [1.165, 1.54) is 19.6 Å². The standard InChI is InChI=1S/C19H26FNO3/c1-23-16-7-6-14(11-15(16)20)12-18(22)21-10-4-9-19(13-21)8-3-5-17(19)24-2/h6-7,11,17H,3-5,8-10,12-13H2,1-2H3/t17-,19+/m1/s1. The minimum absolute atomic E-state index is 0.0698. The van der Waals surface area contributed by atoms with Gasteiger partial charge in [-0.3, -0.25) is 4.79 Å². The number of carbonyl (C=O) groups is 1. The molecule has 1 aromatic rings. The van der Waals surface area contributed by atoms with Crippen LogP contribution in [0.1, 0.15) is 37.7 Å². The summed E-state index contributed by atoms with van der Waals surface area (Å²) in [6, 6.07) is 4.73. The molecule has 1 heterocycles. The Kier molecular flexibility index (Phi) is 5.09. The summed E-state index contributed by atoms with van der Waals surface area (Å²) in [6.45, 7) is 1.55. The van der Waals surface area contributed by atoms with Gasteiger partial charge in [0.25, 0.3) is 0 Å². The SMILES string of the molecule is COc1ccc(CC(=O)N2CCC[C@@]3(CCC[C@H]3OC)C2)cc1F. The molecule has 3 rings (SSSR count). The Morgan fingerprint density at radius 2 is 2.12 bits per heavy atom. The molecule has 0 bridgehead atoms. The first-order chi connectivity index (χ1) is 11.6. The Labute approximate surface area is 142 Å². The van der Waals surface area contributed by atoms with Crippen molar-refractivity contribution in [3.8, 4) is 5.75 Å². The molecule has 2 fully saturated rings. The number of carbonyl (C=O) groups excluding carboxylic acids is 1. The minimum Gasteiger partial charge on any atom is -0.494 e. The Morgan fingerprint density at radius 3 is 2.83 bits per heavy atom. The second-order valence-electron chi connectivity index (χ2n) is 7.04. The summed E-state index contributed by atoms with van der Waals surface area (Å²) in [7, 11) is 3.21. The van der Waals surface area contributed by atoms with Crippen LogP contribution >= 0.6 is 0 Å². The van der Waals surface area contributed by atoms with E-state index in [0.29, 0.717) is 5.56 Å². The van der Waals surface area contributed by atoms with Crippen LogP contribution < -0.4 is 4.74 Å². The summed E-state index contributed by atoms with van der Waals surface area (Å²) in [4.78, 5) is 14.6. The number of likely N-dealkylation sites (tertiary alicyclic amines) is 1. The molecule has 1 aliphatic carbocycles. The summed E-state index contributed by atoms with van der Waals surface area (Å²) >= 11 is 0. The molecule has 0 N–H and O–H groups in total. The number of hydrogen-bond acceptors (Lipinski definition) is 3. The summed E-state index contributed by atoms with van der Waals surface area (Å²) in [5.41, 5.74) is 0.806. The molecule has 5 heteroatoms. The molecule has 1 saturated carbocycles. The topological polar surface area (TPSA) is 38.8 Å². The number of nitrogens with zero attached hydrogens (tertiary/aromatic N) is 1. The van der Waals surface area contributed by atoms with Crippen LogP contribution in [0.15, 0.2) is 18.2 Å². The molecule has 2 atom stereocenters. The van der Waals surface area contributed by atoms with Gasteiger partial charge in [0.1, 0.15) is 0 Å². The fraction of sp³-hybridized carbons (Fsp3) is 0.632. The number of methoxy groups -OCH3 is 2. The molecule has 24 heavy (non-hydrogen) atoms. The van der Waals surface area contributed by atoms with Crippen LogP contribution in [0.4, 0.5) is 4.39 Å². The summed E-state index contributed by atoms with van der Waals surface area (Å²) < 4.78 is 24.4. The van der Waals surface area contributed by atoms with Crippen molar-refractivity contribution in [2.24, 2.45) is 5.41 Å². The van der Waals surface area contributed by atoms with Crippen LogP contribution in [0.5, 0.6) is 5.75 Å². The zero-order chi connectivity index (χ0) is 17.2. The van der Waals surface area contributed by atoms with Gasteiger partial charge in [-0.15, -0.1) is 0 Å². The first-order valence-electron chi connectivity index (χ1n) is 8.71. The second kappa shape index (κ2) is 7.09. The fourth-order valence-electron chi connectivity index (χ4n) is 4.42. The number of ether oxygens (including phenoxy) is 2. The van der Waals surface area contributed by atoms with Crippen molar-refractivity contribution in [3.05, 3.63) is 29.6 Å². The molecule has 0 aromatic heterocycles. The van der Waals surface area contributed by atoms with E-state index >= 15 is 0 Å². The maximum atomic E-state index is 13.8. The maximum Gasteiger partial charge on any atom is 0.227 e. The van der Waals surface area contributed by atoms with Gasteiger partial charge in [-0.1, -0.05) is 12.5 Å². The normalized spacial score (nSPS) is 26.8. The molecular weight excluding hydrogens is 309 g/mol. The van der Waals surface area contributed by atoms with Crippen LogP contribution in [0.3, 0.4) is 0 Å². The molecule has 1 amide bonds. The number of halogens is 1. The van der Waals surface area contributed by atoms with E-state index in [0.717, 1.165) is 38.8 Å². The molecule has 2 aliphatic rings. The van der Waals surface area contributed by atoms with Gasteiger partial charge in [-0.05, 0) is 43.4 Å². The lowest BCUT2D eigenvalue weighted by Crippen LogP contribution is -2.50. The highest BCUT2D eigenvalue weighted by molar-refractivity contribution is 5.79. The Bertz CT molecular complexity index is 606. The number of piperidine rings is 1. The first kappa shape index (κ1) is 17.2. The molecule has 1 saturated heterocycles. The van der Waals surface area contributed by atoms with Crippen LogP contribution in [-0.4, -0.2) is 44.2 Å². The molecular formula is C19H26FNO3. The van der Waals surface area contributed by atoms with Crippen molar-refractivity contribution in [2.45, 2.75) is 44.6 Å². The highest BCUT2D eigenvalue weighted by atomic mass is 19.1. The van der Waals surface area contributed by atoms with Crippen LogP contribution in [-0.2, 0) is 16.0 Å². The maximum absolute atomic E-state index is 13.8. The van der Waals surface area contributed by atoms with Crippen molar-refractivity contribution in [1.82, 2.24) is 4.90 Å². The third-order valence-corrected chi connectivity index (χ3v) is 5.64. The number of amides is 1. The highest BCUT2D eigenvalue weighted by Gasteiger charge is 2.46. The van der Waals surface area contributed by atoms with Crippen LogP contribution in [0, 0.1) is 11.2 Å². The van der Waals surface area contributed by atoms with Crippen LogP contribution in [0.25, 0.3) is 0 Å². The van der Waals surface area contributed by atoms with E-state index < -0.39 is 5.82 Å². The van der Waals surface area contributed by atoms with Gasteiger partial charge in [0.15, 0.2) is 11.6 Å². The molecule has 4 nitrogen and oxygen atoms in total. The van der Waals surface area contributed by atoms with E-state index in [9.17, 15) is 9.18 Å². The minimum atomic E-state index is -0.423. The summed E-state index contributed by atoms with van der Waals surface area (Å²) in [5, 5.41) is 0. The first-order valence-corrected chi connectivity index (χ1v) is 8.71. The van der Waals surface area contributed by atoms with Gasteiger partial charge in [-0.2, -0.15) is 0 Å². The lowest BCUT2D eigenvalue weighted by atomic mass is 9.76. The molecule has 1 spiro atoms. The Morgan fingerprint density at radius 1 is 1.33 bits per heavy atom. The molecule has 132 valence electrons. The fourth-order valence-corrected chi connectivity index (χ4v) is 4.42. The predicted octanol–water partition coefficient (Wildman–Crippen LogP) is 3.18. The van der Waals surface area contributed by atoms with E-state index in [-0.39, 0.29) is 29.6 Å². The average molecular weight is 335 g/mol. The van der Waals surface area contributed by atoms with Crippen LogP contribution in [0.2, 0.25) is 0 Å². The largest absolute Gasteiger partial charge is 0.494 e. The second-order valence-corrected chi connectivity index (χ2v) is 7.04. The zero-order valence-electron chi connectivity index (χ0n) is 14.5. The Balaban J connectivity index is 1.67. The van der Waals surface area contributed by atoms with Crippen molar-refractivity contribution < 1.29 is 18.7 Å². The number of rotatable bonds is 4.